The first-order valence-electron chi connectivity index (χ1n) is 6.87. The van der Waals surface area contributed by atoms with Crippen LogP contribution in [0.2, 0.25) is 0 Å². The minimum Gasteiger partial charge on any atom is -0.508 e. The molecule has 0 aromatic heterocycles. The van der Waals surface area contributed by atoms with E-state index in [1.165, 1.54) is 10.9 Å². The predicted molar refractivity (Wildman–Crippen MR) is 83.0 cm³/mol. The summed E-state index contributed by atoms with van der Waals surface area (Å²) in [5, 5.41) is 12.5. The van der Waals surface area contributed by atoms with Crippen molar-refractivity contribution in [2.24, 2.45) is 0 Å². The van der Waals surface area contributed by atoms with E-state index in [1.54, 1.807) is 0 Å². The van der Waals surface area contributed by atoms with E-state index in [2.05, 4.69) is 65.8 Å². The Balaban J connectivity index is 2.69. The highest BCUT2D eigenvalue weighted by molar-refractivity contribution is 5.86. The van der Waals surface area contributed by atoms with Gasteiger partial charge in [-0.2, -0.15) is 0 Å². The molecule has 0 fully saturated rings. The van der Waals surface area contributed by atoms with E-state index in [4.69, 9.17) is 0 Å². The summed E-state index contributed by atoms with van der Waals surface area (Å²) >= 11 is 0. The van der Waals surface area contributed by atoms with Crippen LogP contribution >= 0.6 is 0 Å². The smallest absolute Gasteiger partial charge is 0.119 e. The summed E-state index contributed by atoms with van der Waals surface area (Å²) in [6.07, 6.45) is 0. The zero-order valence-corrected chi connectivity index (χ0v) is 12.8. The summed E-state index contributed by atoms with van der Waals surface area (Å²) in [6.45, 7) is 13.0. The van der Waals surface area contributed by atoms with Crippen molar-refractivity contribution in [1.82, 2.24) is 0 Å². The fourth-order valence-electron chi connectivity index (χ4n) is 2.35. The van der Waals surface area contributed by atoms with Crippen LogP contribution in [0.25, 0.3) is 10.8 Å². The Bertz CT molecular complexity index is 610. The summed E-state index contributed by atoms with van der Waals surface area (Å²) in [5.74, 6) is 0.392. The maximum absolute atomic E-state index is 10.2. The van der Waals surface area contributed by atoms with Crippen molar-refractivity contribution in [2.75, 3.05) is 0 Å². The van der Waals surface area contributed by atoms with Gasteiger partial charge in [0.2, 0.25) is 0 Å². The van der Waals surface area contributed by atoms with Crippen molar-refractivity contribution in [3.05, 3.63) is 41.5 Å². The molecule has 0 unspecified atom stereocenters. The molecule has 0 amide bonds. The van der Waals surface area contributed by atoms with Crippen LogP contribution in [-0.2, 0) is 10.8 Å². The summed E-state index contributed by atoms with van der Waals surface area (Å²) < 4.78 is 0. The van der Waals surface area contributed by atoms with Gasteiger partial charge in [-0.15, -0.1) is 0 Å². The number of benzene rings is 2. The van der Waals surface area contributed by atoms with E-state index < -0.39 is 0 Å². The molecule has 0 saturated heterocycles. The maximum Gasteiger partial charge on any atom is 0.119 e. The summed E-state index contributed by atoms with van der Waals surface area (Å²) in [6, 6.07) is 10.5. The topological polar surface area (TPSA) is 20.2 Å². The first kappa shape index (κ1) is 13.9. The second-order valence-corrected chi connectivity index (χ2v) is 7.43. The first-order valence-corrected chi connectivity index (χ1v) is 6.87. The standard InChI is InChI=1S/C18H24O/c1-17(2,3)14-8-7-12-11-16(19)15(18(4,5)6)10-13(12)9-14/h7-11,19H,1-6H3. The number of fused-ring (bicyclic) bond motifs is 1. The summed E-state index contributed by atoms with van der Waals surface area (Å²) in [5.41, 5.74) is 2.43. The van der Waals surface area contributed by atoms with Gasteiger partial charge >= 0.3 is 0 Å². The van der Waals surface area contributed by atoms with E-state index in [1.807, 2.05) is 6.07 Å². The number of rotatable bonds is 0. The third-order valence-corrected chi connectivity index (χ3v) is 3.63. The highest BCUT2D eigenvalue weighted by Gasteiger charge is 2.19. The van der Waals surface area contributed by atoms with E-state index in [9.17, 15) is 5.11 Å². The Morgan fingerprint density at radius 2 is 1.37 bits per heavy atom. The molecular weight excluding hydrogens is 232 g/mol. The average molecular weight is 256 g/mol. The number of hydrogen-bond donors (Lipinski definition) is 1. The monoisotopic (exact) mass is 256 g/mol. The van der Waals surface area contributed by atoms with Gasteiger partial charge in [0.15, 0.2) is 0 Å². The highest BCUT2D eigenvalue weighted by Crippen LogP contribution is 2.35. The van der Waals surface area contributed by atoms with E-state index in [0.29, 0.717) is 5.75 Å². The second-order valence-electron chi connectivity index (χ2n) is 7.43. The fourth-order valence-corrected chi connectivity index (χ4v) is 2.35. The molecule has 0 radical (unpaired) electrons. The lowest BCUT2D eigenvalue weighted by Gasteiger charge is -2.23. The van der Waals surface area contributed by atoms with Gasteiger partial charge in [0.1, 0.15) is 5.75 Å². The molecule has 0 aliphatic rings. The molecule has 19 heavy (non-hydrogen) atoms. The number of phenols is 1. The molecule has 0 atom stereocenters. The summed E-state index contributed by atoms with van der Waals surface area (Å²) in [4.78, 5) is 0. The molecule has 1 nitrogen and oxygen atoms in total. The van der Waals surface area contributed by atoms with Gasteiger partial charge in [0.05, 0.1) is 0 Å². The molecule has 102 valence electrons. The molecule has 0 aliphatic heterocycles. The molecule has 2 aromatic rings. The van der Waals surface area contributed by atoms with Crippen molar-refractivity contribution < 1.29 is 5.11 Å². The minimum absolute atomic E-state index is 0.0456. The van der Waals surface area contributed by atoms with E-state index in [0.717, 1.165) is 10.9 Å². The fraction of sp³-hybridized carbons (Fsp3) is 0.444. The van der Waals surface area contributed by atoms with Crippen LogP contribution in [0, 0.1) is 0 Å². The van der Waals surface area contributed by atoms with Gasteiger partial charge < -0.3 is 5.11 Å². The summed E-state index contributed by atoms with van der Waals surface area (Å²) in [7, 11) is 0. The number of phenolic OH excluding ortho intramolecular Hbond substituents is 1. The maximum atomic E-state index is 10.2. The molecule has 0 saturated carbocycles. The molecule has 0 bridgehead atoms. The van der Waals surface area contributed by atoms with Crippen LogP contribution in [0.1, 0.15) is 52.7 Å². The van der Waals surface area contributed by atoms with Gasteiger partial charge in [0.25, 0.3) is 0 Å². The molecule has 2 rings (SSSR count). The largest absolute Gasteiger partial charge is 0.508 e. The van der Waals surface area contributed by atoms with Crippen LogP contribution in [0.3, 0.4) is 0 Å². The van der Waals surface area contributed by atoms with Crippen LogP contribution in [0.5, 0.6) is 5.75 Å². The average Bonchev–Trinajstić information content (AvgIpc) is 2.24. The molecule has 0 heterocycles. The number of aromatic hydroxyl groups is 1. The Morgan fingerprint density at radius 3 is 1.89 bits per heavy atom. The van der Waals surface area contributed by atoms with E-state index in [-0.39, 0.29) is 10.8 Å². The molecule has 0 aliphatic carbocycles. The SMILES string of the molecule is CC(C)(C)c1ccc2cc(O)c(C(C)(C)C)cc2c1. The van der Waals surface area contributed by atoms with Gasteiger partial charge in [-0.3, -0.25) is 0 Å². The molecular formula is C18H24O. The van der Waals surface area contributed by atoms with Crippen molar-refractivity contribution in [3.8, 4) is 5.75 Å². The van der Waals surface area contributed by atoms with Crippen molar-refractivity contribution in [2.45, 2.75) is 52.4 Å². The normalized spacial score (nSPS) is 12.9. The molecule has 1 N–H and O–H groups in total. The Morgan fingerprint density at radius 1 is 0.737 bits per heavy atom. The van der Waals surface area contributed by atoms with Gasteiger partial charge in [-0.25, -0.2) is 0 Å². The first-order chi connectivity index (χ1) is 8.59. The van der Waals surface area contributed by atoms with E-state index >= 15 is 0 Å². The lowest BCUT2D eigenvalue weighted by Crippen LogP contribution is -2.12. The Kier molecular flexibility index (Phi) is 3.12. The van der Waals surface area contributed by atoms with Gasteiger partial charge in [0, 0.05) is 0 Å². The Hall–Kier alpha value is -1.50. The zero-order chi connectivity index (χ0) is 14.4. The second kappa shape index (κ2) is 4.26. The molecule has 0 spiro atoms. The third kappa shape index (κ3) is 2.75. The molecule has 2 aromatic carbocycles. The van der Waals surface area contributed by atoms with Crippen LogP contribution in [0.4, 0.5) is 0 Å². The van der Waals surface area contributed by atoms with Crippen LogP contribution in [0.15, 0.2) is 30.3 Å². The van der Waals surface area contributed by atoms with Crippen molar-refractivity contribution in [3.63, 3.8) is 0 Å². The molecule has 1 heteroatoms. The quantitative estimate of drug-likeness (QED) is 0.692. The number of hydrogen-bond acceptors (Lipinski definition) is 1. The lowest BCUT2D eigenvalue weighted by atomic mass is 9.83. The van der Waals surface area contributed by atoms with Crippen molar-refractivity contribution >= 4 is 10.8 Å². The van der Waals surface area contributed by atoms with Crippen LogP contribution in [-0.4, -0.2) is 5.11 Å². The highest BCUT2D eigenvalue weighted by atomic mass is 16.3. The van der Waals surface area contributed by atoms with Gasteiger partial charge in [-0.05, 0) is 44.9 Å². The lowest BCUT2D eigenvalue weighted by molar-refractivity contribution is 0.448. The predicted octanol–water partition coefficient (Wildman–Crippen LogP) is 5.14. The Labute approximate surface area is 116 Å². The van der Waals surface area contributed by atoms with Crippen molar-refractivity contribution in [1.29, 1.82) is 0 Å². The minimum atomic E-state index is -0.0456. The third-order valence-electron chi connectivity index (χ3n) is 3.63. The van der Waals surface area contributed by atoms with Gasteiger partial charge in [-0.1, -0.05) is 59.7 Å². The van der Waals surface area contributed by atoms with Crippen LogP contribution < -0.4 is 0 Å². The zero-order valence-electron chi connectivity index (χ0n) is 12.8.